The highest BCUT2D eigenvalue weighted by molar-refractivity contribution is 5.99. The van der Waals surface area contributed by atoms with Gasteiger partial charge in [0.05, 0.1) is 6.26 Å². The van der Waals surface area contributed by atoms with E-state index in [-0.39, 0.29) is 5.91 Å². The molecule has 0 aliphatic heterocycles. The predicted octanol–water partition coefficient (Wildman–Crippen LogP) is 2.40. The lowest BCUT2D eigenvalue weighted by Gasteiger charge is -2.07. The van der Waals surface area contributed by atoms with Gasteiger partial charge >= 0.3 is 0 Å². The number of benzene rings is 1. The van der Waals surface area contributed by atoms with Crippen LogP contribution in [0.2, 0.25) is 0 Å². The van der Waals surface area contributed by atoms with Crippen molar-refractivity contribution in [2.75, 3.05) is 18.9 Å². The summed E-state index contributed by atoms with van der Waals surface area (Å²) in [4.78, 5) is 21.4. The maximum Gasteiger partial charge on any atom is 0.256 e. The first-order chi connectivity index (χ1) is 13.3. The lowest BCUT2D eigenvalue weighted by Crippen LogP contribution is -2.26. The molecule has 3 heterocycles. The Morgan fingerprint density at radius 3 is 2.78 bits per heavy atom. The molecule has 3 aromatic heterocycles. The quantitative estimate of drug-likeness (QED) is 0.547. The molecule has 1 aromatic carbocycles. The van der Waals surface area contributed by atoms with E-state index in [2.05, 4.69) is 25.7 Å². The van der Waals surface area contributed by atoms with E-state index in [9.17, 15) is 4.79 Å². The number of anilines is 1. The second-order valence-electron chi connectivity index (χ2n) is 5.89. The SMILES string of the molecule is CNc1ncc(C(=O)NCCc2ccccc2)c2nc(-c3ccco3)nn12. The molecule has 0 saturated heterocycles. The van der Waals surface area contributed by atoms with Gasteiger partial charge in [-0.15, -0.1) is 5.10 Å². The second-order valence-corrected chi connectivity index (χ2v) is 5.89. The highest BCUT2D eigenvalue weighted by atomic mass is 16.3. The number of hydrogen-bond donors (Lipinski definition) is 2. The molecule has 0 aliphatic rings. The van der Waals surface area contributed by atoms with Crippen LogP contribution < -0.4 is 10.6 Å². The molecule has 27 heavy (non-hydrogen) atoms. The van der Waals surface area contributed by atoms with Crippen LogP contribution in [0.3, 0.4) is 0 Å². The highest BCUT2D eigenvalue weighted by Crippen LogP contribution is 2.20. The summed E-state index contributed by atoms with van der Waals surface area (Å²) in [6.45, 7) is 0.516. The molecule has 0 atom stereocenters. The minimum Gasteiger partial charge on any atom is -0.461 e. The van der Waals surface area contributed by atoms with Gasteiger partial charge in [0.1, 0.15) is 5.56 Å². The van der Waals surface area contributed by atoms with Crippen molar-refractivity contribution in [3.05, 3.63) is 66.1 Å². The van der Waals surface area contributed by atoms with E-state index in [1.807, 2.05) is 30.3 Å². The summed E-state index contributed by atoms with van der Waals surface area (Å²) in [7, 11) is 1.73. The van der Waals surface area contributed by atoms with E-state index in [1.54, 1.807) is 25.4 Å². The summed E-state index contributed by atoms with van der Waals surface area (Å²) in [6.07, 6.45) is 3.80. The fourth-order valence-electron chi connectivity index (χ4n) is 2.77. The van der Waals surface area contributed by atoms with Gasteiger partial charge in [-0.05, 0) is 24.1 Å². The molecule has 4 aromatic rings. The van der Waals surface area contributed by atoms with Crippen molar-refractivity contribution in [2.45, 2.75) is 6.42 Å². The van der Waals surface area contributed by atoms with Gasteiger partial charge in [-0.1, -0.05) is 30.3 Å². The number of carbonyl (C=O) groups excluding carboxylic acids is 1. The van der Waals surface area contributed by atoms with Crippen molar-refractivity contribution in [3.8, 4) is 11.6 Å². The minimum atomic E-state index is -0.246. The zero-order valence-electron chi connectivity index (χ0n) is 14.7. The Kier molecular flexibility index (Phi) is 4.52. The molecule has 0 spiro atoms. The lowest BCUT2D eigenvalue weighted by molar-refractivity contribution is 0.0955. The summed E-state index contributed by atoms with van der Waals surface area (Å²) in [5.41, 5.74) is 1.93. The van der Waals surface area contributed by atoms with E-state index in [4.69, 9.17) is 4.42 Å². The zero-order valence-corrected chi connectivity index (χ0v) is 14.7. The number of carbonyl (C=O) groups is 1. The molecule has 0 aliphatic carbocycles. The standard InChI is InChI=1S/C19H18N6O2/c1-20-19-22-12-14(18(26)21-10-9-13-6-3-2-4-7-13)17-23-16(24-25(17)19)15-8-5-11-27-15/h2-8,11-12H,9-10H2,1H3,(H,20,22)(H,21,26). The van der Waals surface area contributed by atoms with Crippen molar-refractivity contribution in [3.63, 3.8) is 0 Å². The predicted molar refractivity (Wildman–Crippen MR) is 101 cm³/mol. The van der Waals surface area contributed by atoms with E-state index in [0.29, 0.717) is 35.3 Å². The molecular formula is C19H18N6O2. The molecule has 4 rings (SSSR count). The number of amides is 1. The van der Waals surface area contributed by atoms with E-state index < -0.39 is 0 Å². The Hall–Kier alpha value is -3.68. The molecule has 8 heteroatoms. The van der Waals surface area contributed by atoms with Gasteiger partial charge in [0.2, 0.25) is 11.8 Å². The van der Waals surface area contributed by atoms with Crippen LogP contribution in [0.25, 0.3) is 17.2 Å². The van der Waals surface area contributed by atoms with Crippen LogP contribution in [-0.2, 0) is 6.42 Å². The van der Waals surface area contributed by atoms with Gasteiger partial charge in [0, 0.05) is 19.8 Å². The van der Waals surface area contributed by atoms with Crippen LogP contribution in [0.1, 0.15) is 15.9 Å². The summed E-state index contributed by atoms with van der Waals surface area (Å²) in [6, 6.07) is 13.5. The maximum atomic E-state index is 12.7. The van der Waals surface area contributed by atoms with E-state index >= 15 is 0 Å². The van der Waals surface area contributed by atoms with Gasteiger partial charge in [0.25, 0.3) is 5.91 Å². The molecule has 0 bridgehead atoms. The third-order valence-electron chi connectivity index (χ3n) is 4.12. The Morgan fingerprint density at radius 1 is 1.19 bits per heavy atom. The highest BCUT2D eigenvalue weighted by Gasteiger charge is 2.19. The summed E-state index contributed by atoms with van der Waals surface area (Å²) < 4.78 is 6.86. The molecule has 0 radical (unpaired) electrons. The van der Waals surface area contributed by atoms with Crippen molar-refractivity contribution in [2.24, 2.45) is 0 Å². The topological polar surface area (TPSA) is 97.3 Å². The van der Waals surface area contributed by atoms with Gasteiger partial charge in [-0.3, -0.25) is 4.79 Å². The van der Waals surface area contributed by atoms with Gasteiger partial charge in [-0.2, -0.15) is 4.52 Å². The first-order valence-corrected chi connectivity index (χ1v) is 8.56. The van der Waals surface area contributed by atoms with Crippen LogP contribution in [0.5, 0.6) is 0 Å². The second kappa shape index (κ2) is 7.28. The third-order valence-corrected chi connectivity index (χ3v) is 4.12. The Bertz CT molecular complexity index is 1060. The summed E-state index contributed by atoms with van der Waals surface area (Å²) >= 11 is 0. The lowest BCUT2D eigenvalue weighted by atomic mass is 10.1. The Morgan fingerprint density at radius 2 is 2.04 bits per heavy atom. The molecule has 2 N–H and O–H groups in total. The molecule has 136 valence electrons. The number of hydrogen-bond acceptors (Lipinski definition) is 6. The largest absolute Gasteiger partial charge is 0.461 e. The monoisotopic (exact) mass is 362 g/mol. The Balaban J connectivity index is 1.60. The number of aromatic nitrogens is 4. The fourth-order valence-corrected chi connectivity index (χ4v) is 2.77. The summed E-state index contributed by atoms with van der Waals surface area (Å²) in [5.74, 6) is 1.15. The molecule has 0 fully saturated rings. The normalized spacial score (nSPS) is 10.9. The van der Waals surface area contributed by atoms with Crippen molar-refractivity contribution >= 4 is 17.5 Å². The molecule has 0 unspecified atom stereocenters. The molecule has 1 amide bonds. The molecule has 8 nitrogen and oxygen atoms in total. The van der Waals surface area contributed by atoms with Crippen molar-refractivity contribution in [1.82, 2.24) is 24.9 Å². The van der Waals surface area contributed by atoms with Gasteiger partial charge < -0.3 is 15.1 Å². The van der Waals surface area contributed by atoms with Crippen LogP contribution in [-0.4, -0.2) is 39.1 Å². The number of fused-ring (bicyclic) bond motifs is 1. The minimum absolute atomic E-state index is 0.246. The van der Waals surface area contributed by atoms with Crippen LogP contribution >= 0.6 is 0 Å². The number of furan rings is 1. The average molecular weight is 362 g/mol. The fraction of sp³-hybridized carbons (Fsp3) is 0.158. The number of nitrogens with zero attached hydrogens (tertiary/aromatic N) is 4. The van der Waals surface area contributed by atoms with Gasteiger partial charge in [0.15, 0.2) is 11.4 Å². The van der Waals surface area contributed by atoms with E-state index in [1.165, 1.54) is 10.7 Å². The van der Waals surface area contributed by atoms with Gasteiger partial charge in [-0.25, -0.2) is 9.97 Å². The first kappa shape index (κ1) is 16.8. The Labute approximate surface area is 155 Å². The van der Waals surface area contributed by atoms with Crippen LogP contribution in [0.4, 0.5) is 5.95 Å². The van der Waals surface area contributed by atoms with Crippen LogP contribution in [0.15, 0.2) is 59.3 Å². The van der Waals surface area contributed by atoms with Crippen molar-refractivity contribution < 1.29 is 9.21 Å². The zero-order chi connectivity index (χ0) is 18.6. The number of nitrogens with one attached hydrogen (secondary N) is 2. The smallest absolute Gasteiger partial charge is 0.256 e. The molecule has 0 saturated carbocycles. The first-order valence-electron chi connectivity index (χ1n) is 8.56. The molecular weight excluding hydrogens is 344 g/mol. The number of rotatable bonds is 6. The van der Waals surface area contributed by atoms with Crippen molar-refractivity contribution in [1.29, 1.82) is 0 Å². The third kappa shape index (κ3) is 3.37. The van der Waals surface area contributed by atoms with E-state index in [0.717, 1.165) is 12.0 Å². The maximum absolute atomic E-state index is 12.7. The average Bonchev–Trinajstić information content (AvgIpc) is 3.37. The summed E-state index contributed by atoms with van der Waals surface area (Å²) in [5, 5.41) is 10.3. The van der Waals surface area contributed by atoms with Crippen LogP contribution in [0, 0.1) is 0 Å².